The van der Waals surface area contributed by atoms with Gasteiger partial charge in [-0.2, -0.15) is 4.98 Å². The predicted molar refractivity (Wildman–Crippen MR) is 93.8 cm³/mol. The van der Waals surface area contributed by atoms with Gasteiger partial charge in [0.2, 0.25) is 5.78 Å². The first-order valence-corrected chi connectivity index (χ1v) is 8.06. The minimum absolute atomic E-state index is 0.206. The Morgan fingerprint density at radius 2 is 1.83 bits per heavy atom. The van der Waals surface area contributed by atoms with Crippen LogP contribution in [0.25, 0.3) is 16.9 Å². The van der Waals surface area contributed by atoms with Gasteiger partial charge in [0.15, 0.2) is 11.2 Å². The lowest BCUT2D eigenvalue weighted by Gasteiger charge is -2.14. The molecule has 24 heavy (non-hydrogen) atoms. The molecule has 0 N–H and O–H groups in total. The largest absolute Gasteiger partial charge is 0.332 e. The average molecular weight is 332 g/mol. The van der Waals surface area contributed by atoms with Gasteiger partial charge in [-0.1, -0.05) is 0 Å². The van der Waals surface area contributed by atoms with Crippen molar-refractivity contribution in [2.75, 3.05) is 20.6 Å². The van der Waals surface area contributed by atoms with E-state index in [1.165, 1.54) is 11.6 Å². The van der Waals surface area contributed by atoms with E-state index in [0.29, 0.717) is 16.9 Å². The van der Waals surface area contributed by atoms with Crippen LogP contribution >= 0.6 is 0 Å². The second-order valence-corrected chi connectivity index (χ2v) is 6.80. The highest BCUT2D eigenvalue weighted by molar-refractivity contribution is 5.75. The second kappa shape index (κ2) is 5.62. The number of rotatable bonds is 4. The molecular formula is C16H24N6O2. The van der Waals surface area contributed by atoms with E-state index in [1.54, 1.807) is 7.05 Å². The molecule has 0 spiro atoms. The molecule has 0 aliphatic heterocycles. The Morgan fingerprint density at radius 1 is 1.17 bits per heavy atom. The maximum absolute atomic E-state index is 12.6. The highest BCUT2D eigenvalue weighted by Crippen LogP contribution is 2.21. The summed E-state index contributed by atoms with van der Waals surface area (Å²) in [4.78, 5) is 31.5. The SMILES string of the molecule is CC(C)n1c(CCN(C)C)cn2c3c(=O)n(C)c(=O)n(C)c3nc12. The van der Waals surface area contributed by atoms with Gasteiger partial charge in [0.05, 0.1) is 0 Å². The Kier molecular flexibility index (Phi) is 3.87. The molecule has 0 amide bonds. The molecule has 8 nitrogen and oxygen atoms in total. The number of hydrogen-bond acceptors (Lipinski definition) is 4. The number of aryl methyl sites for hydroxylation is 1. The van der Waals surface area contributed by atoms with Gasteiger partial charge in [0.25, 0.3) is 5.56 Å². The monoisotopic (exact) mass is 332 g/mol. The van der Waals surface area contributed by atoms with Crippen molar-refractivity contribution in [3.63, 3.8) is 0 Å². The summed E-state index contributed by atoms with van der Waals surface area (Å²) >= 11 is 0. The Labute approximate surface area is 139 Å². The highest BCUT2D eigenvalue weighted by Gasteiger charge is 2.21. The molecule has 3 heterocycles. The minimum atomic E-state index is -0.364. The molecule has 0 fully saturated rings. The van der Waals surface area contributed by atoms with E-state index in [-0.39, 0.29) is 17.3 Å². The summed E-state index contributed by atoms with van der Waals surface area (Å²) in [5, 5.41) is 0. The lowest BCUT2D eigenvalue weighted by molar-refractivity contribution is 0.406. The molecule has 130 valence electrons. The molecule has 3 rings (SSSR count). The predicted octanol–water partition coefficient (Wildman–Crippen LogP) is 0.371. The van der Waals surface area contributed by atoms with Crippen molar-refractivity contribution in [1.29, 1.82) is 0 Å². The third-order valence-electron chi connectivity index (χ3n) is 4.41. The maximum atomic E-state index is 12.6. The van der Waals surface area contributed by atoms with Crippen molar-refractivity contribution in [2.24, 2.45) is 14.1 Å². The van der Waals surface area contributed by atoms with Crippen molar-refractivity contribution in [3.05, 3.63) is 32.7 Å². The van der Waals surface area contributed by atoms with Crippen molar-refractivity contribution in [3.8, 4) is 0 Å². The number of likely N-dealkylation sites (N-methyl/N-ethyl adjacent to an activating group) is 1. The van der Waals surface area contributed by atoms with E-state index in [0.717, 1.165) is 23.2 Å². The van der Waals surface area contributed by atoms with E-state index in [1.807, 2.05) is 24.7 Å². The molecule has 0 aliphatic rings. The van der Waals surface area contributed by atoms with E-state index in [9.17, 15) is 9.59 Å². The number of imidazole rings is 2. The number of hydrogen-bond donors (Lipinski definition) is 0. The van der Waals surface area contributed by atoms with Gasteiger partial charge in [0, 0.05) is 45.0 Å². The van der Waals surface area contributed by atoms with Gasteiger partial charge in [-0.3, -0.25) is 18.3 Å². The van der Waals surface area contributed by atoms with E-state index >= 15 is 0 Å². The standard InChI is InChI=1S/C16H24N6O2/c1-10(2)22-11(7-8-18(3)4)9-21-12-13(17-15(21)22)19(5)16(24)20(6)14(12)23/h9-10H,7-8H2,1-6H3. The Morgan fingerprint density at radius 3 is 2.42 bits per heavy atom. The first-order chi connectivity index (χ1) is 11.2. The van der Waals surface area contributed by atoms with Crippen molar-refractivity contribution in [2.45, 2.75) is 26.3 Å². The zero-order valence-corrected chi connectivity index (χ0v) is 15.1. The smallest absolute Gasteiger partial charge is 0.311 e. The normalized spacial score (nSPS) is 12.3. The molecule has 0 bridgehead atoms. The maximum Gasteiger partial charge on any atom is 0.332 e. The Hall–Kier alpha value is -2.35. The van der Waals surface area contributed by atoms with Crippen LogP contribution in [0.15, 0.2) is 15.8 Å². The lowest BCUT2D eigenvalue weighted by Crippen LogP contribution is -2.37. The summed E-state index contributed by atoms with van der Waals surface area (Å²) in [5.41, 5.74) is 1.31. The van der Waals surface area contributed by atoms with Gasteiger partial charge in [-0.15, -0.1) is 0 Å². The van der Waals surface area contributed by atoms with Crippen LogP contribution in [-0.4, -0.2) is 48.6 Å². The molecule has 3 aromatic rings. The summed E-state index contributed by atoms with van der Waals surface area (Å²) in [5.74, 6) is 0.701. The van der Waals surface area contributed by atoms with Gasteiger partial charge in [-0.25, -0.2) is 4.79 Å². The molecule has 0 saturated heterocycles. The third-order valence-corrected chi connectivity index (χ3v) is 4.41. The first-order valence-electron chi connectivity index (χ1n) is 8.06. The van der Waals surface area contributed by atoms with E-state index < -0.39 is 0 Å². The van der Waals surface area contributed by atoms with Crippen LogP contribution in [0.1, 0.15) is 25.6 Å². The van der Waals surface area contributed by atoms with Crippen molar-refractivity contribution >= 4 is 16.9 Å². The van der Waals surface area contributed by atoms with Gasteiger partial charge >= 0.3 is 5.69 Å². The van der Waals surface area contributed by atoms with Crippen LogP contribution in [0.4, 0.5) is 0 Å². The quantitative estimate of drug-likeness (QED) is 0.692. The van der Waals surface area contributed by atoms with Crippen LogP contribution in [0.2, 0.25) is 0 Å². The number of fused-ring (bicyclic) bond motifs is 3. The third kappa shape index (κ3) is 2.29. The molecule has 8 heteroatoms. The van der Waals surface area contributed by atoms with Crippen LogP contribution in [0, 0.1) is 0 Å². The molecule has 0 unspecified atom stereocenters. The molecule has 0 aromatic carbocycles. The molecule has 0 atom stereocenters. The van der Waals surface area contributed by atoms with Gasteiger partial charge < -0.3 is 9.47 Å². The average Bonchev–Trinajstić information content (AvgIpc) is 3.03. The molecule has 3 aromatic heterocycles. The Bertz CT molecular complexity index is 1030. The van der Waals surface area contributed by atoms with Gasteiger partial charge in [0.1, 0.15) is 0 Å². The van der Waals surface area contributed by atoms with Crippen molar-refractivity contribution < 1.29 is 0 Å². The molecule has 0 radical (unpaired) electrons. The zero-order chi connectivity index (χ0) is 17.8. The fourth-order valence-electron chi connectivity index (χ4n) is 3.12. The summed E-state index contributed by atoms with van der Waals surface area (Å²) in [6.07, 6.45) is 2.84. The fourth-order valence-corrected chi connectivity index (χ4v) is 3.12. The molecule has 0 aliphatic carbocycles. The van der Waals surface area contributed by atoms with Crippen LogP contribution in [0.3, 0.4) is 0 Å². The number of aromatic nitrogens is 5. The Balaban J connectivity index is 2.38. The van der Waals surface area contributed by atoms with E-state index in [2.05, 4.69) is 28.3 Å². The summed E-state index contributed by atoms with van der Waals surface area (Å²) in [6.45, 7) is 5.10. The zero-order valence-electron chi connectivity index (χ0n) is 15.1. The molecule has 0 saturated carbocycles. The second-order valence-electron chi connectivity index (χ2n) is 6.80. The van der Waals surface area contributed by atoms with Crippen LogP contribution < -0.4 is 11.2 Å². The molecular weight excluding hydrogens is 308 g/mol. The highest BCUT2D eigenvalue weighted by atomic mass is 16.2. The summed E-state index contributed by atoms with van der Waals surface area (Å²) in [7, 11) is 7.21. The van der Waals surface area contributed by atoms with Crippen molar-refractivity contribution in [1.82, 2.24) is 28.0 Å². The minimum Gasteiger partial charge on any atom is -0.311 e. The first kappa shape index (κ1) is 16.5. The van der Waals surface area contributed by atoms with Crippen LogP contribution in [0.5, 0.6) is 0 Å². The lowest BCUT2D eigenvalue weighted by atomic mass is 10.3. The van der Waals surface area contributed by atoms with E-state index in [4.69, 9.17) is 0 Å². The van der Waals surface area contributed by atoms with Crippen LogP contribution in [-0.2, 0) is 20.5 Å². The topological polar surface area (TPSA) is 69.5 Å². The summed E-state index contributed by atoms with van der Waals surface area (Å²) < 4.78 is 6.51. The summed E-state index contributed by atoms with van der Waals surface area (Å²) in [6, 6.07) is 0.206. The van der Waals surface area contributed by atoms with Gasteiger partial charge in [-0.05, 0) is 27.9 Å². The fraction of sp³-hybridized carbons (Fsp3) is 0.562. The number of nitrogens with zero attached hydrogens (tertiary/aromatic N) is 6.